The van der Waals surface area contributed by atoms with Crippen LogP contribution in [0.3, 0.4) is 0 Å². The second-order valence-electron chi connectivity index (χ2n) is 9.39. The molecule has 1 N–H and O–H groups in total. The summed E-state index contributed by atoms with van der Waals surface area (Å²) in [5, 5.41) is 0.544. The van der Waals surface area contributed by atoms with Gasteiger partial charge < -0.3 is 23.8 Å². The average Bonchev–Trinajstić information content (AvgIpc) is 3.71. The van der Waals surface area contributed by atoms with Crippen LogP contribution in [-0.2, 0) is 16.0 Å². The van der Waals surface area contributed by atoms with Crippen molar-refractivity contribution in [2.45, 2.75) is 31.3 Å². The van der Waals surface area contributed by atoms with E-state index in [1.807, 2.05) is 35.3 Å². The molecule has 9 heteroatoms. The lowest BCUT2D eigenvalue weighted by molar-refractivity contribution is 0.0273. The lowest BCUT2D eigenvalue weighted by atomic mass is 10.0. The second-order valence-corrected chi connectivity index (χ2v) is 9.80. The standard InChI is InChI=1S/C28H24ClN5O3/c29-21-13-22-27(33-28(31-22)37-24-15-36-23-9-12-35-26(23)24)32-25(21)20-7-5-19(6-8-20)18-3-1-17(2-4-18)14-34-11-10-30-16-34/h1-8,10-11,13,16,23-24,26H,9,12,14-15H2,(H,31,32,33)/t23-,24?,26+/m1/s1. The number of nitrogens with one attached hydrogen (secondary N) is 1. The Kier molecular flexibility index (Phi) is 5.65. The molecule has 3 aromatic heterocycles. The minimum Gasteiger partial charge on any atom is -0.456 e. The van der Waals surface area contributed by atoms with E-state index in [1.165, 1.54) is 5.56 Å². The molecular formula is C28H24ClN5O3. The van der Waals surface area contributed by atoms with Crippen molar-refractivity contribution >= 4 is 22.8 Å². The molecule has 0 aliphatic carbocycles. The second kappa shape index (κ2) is 9.30. The lowest BCUT2D eigenvalue weighted by Gasteiger charge is -2.15. The van der Waals surface area contributed by atoms with E-state index >= 15 is 0 Å². The Labute approximate surface area is 218 Å². The van der Waals surface area contributed by atoms with E-state index in [4.69, 9.17) is 30.8 Å². The van der Waals surface area contributed by atoms with Crippen LogP contribution in [0.4, 0.5) is 0 Å². The maximum atomic E-state index is 6.63. The number of fused-ring (bicyclic) bond motifs is 2. The zero-order valence-electron chi connectivity index (χ0n) is 19.9. The minimum atomic E-state index is -0.185. The molecule has 0 saturated carbocycles. The van der Waals surface area contributed by atoms with Gasteiger partial charge in [-0.05, 0) is 29.2 Å². The first-order chi connectivity index (χ1) is 18.2. The molecule has 0 spiro atoms. The highest BCUT2D eigenvalue weighted by Gasteiger charge is 2.43. The van der Waals surface area contributed by atoms with Crippen molar-refractivity contribution in [3.63, 3.8) is 0 Å². The van der Waals surface area contributed by atoms with Crippen LogP contribution in [0.2, 0.25) is 5.02 Å². The van der Waals surface area contributed by atoms with Crippen LogP contribution in [0.5, 0.6) is 6.01 Å². The number of pyridine rings is 1. The predicted molar refractivity (Wildman–Crippen MR) is 140 cm³/mol. The third kappa shape index (κ3) is 4.37. The van der Waals surface area contributed by atoms with Crippen molar-refractivity contribution in [2.24, 2.45) is 0 Å². The summed E-state index contributed by atoms with van der Waals surface area (Å²) in [5.41, 5.74) is 6.36. The summed E-state index contributed by atoms with van der Waals surface area (Å²) < 4.78 is 19.6. The molecule has 0 amide bonds. The summed E-state index contributed by atoms with van der Waals surface area (Å²) in [6.45, 7) is 1.99. The van der Waals surface area contributed by atoms with Crippen LogP contribution in [0, 0.1) is 0 Å². The smallest absolute Gasteiger partial charge is 0.296 e. The third-order valence-electron chi connectivity index (χ3n) is 6.96. The number of nitrogens with zero attached hydrogens (tertiary/aromatic N) is 4. The fourth-order valence-electron chi connectivity index (χ4n) is 5.04. The number of rotatable bonds is 6. The molecule has 1 unspecified atom stereocenters. The Hall–Kier alpha value is -3.72. The van der Waals surface area contributed by atoms with Crippen molar-refractivity contribution in [3.05, 3.63) is 83.9 Å². The van der Waals surface area contributed by atoms with E-state index in [9.17, 15) is 0 Å². The Balaban J connectivity index is 1.09. The van der Waals surface area contributed by atoms with Crippen LogP contribution >= 0.6 is 11.6 Å². The van der Waals surface area contributed by atoms with Gasteiger partial charge >= 0.3 is 0 Å². The molecule has 0 bridgehead atoms. The highest BCUT2D eigenvalue weighted by Crippen LogP contribution is 2.33. The number of ether oxygens (including phenoxy) is 3. The topological polar surface area (TPSA) is 87.1 Å². The van der Waals surface area contributed by atoms with Crippen molar-refractivity contribution in [1.82, 2.24) is 24.5 Å². The van der Waals surface area contributed by atoms with Crippen molar-refractivity contribution in [3.8, 4) is 28.4 Å². The molecule has 2 aliphatic heterocycles. The quantitative estimate of drug-likeness (QED) is 0.339. The van der Waals surface area contributed by atoms with E-state index < -0.39 is 0 Å². The molecule has 37 heavy (non-hydrogen) atoms. The normalized spacial score (nSPS) is 20.9. The summed E-state index contributed by atoms with van der Waals surface area (Å²) in [5.74, 6) is 0. The number of aromatic nitrogens is 5. The average molecular weight is 514 g/mol. The van der Waals surface area contributed by atoms with Crippen molar-refractivity contribution < 1.29 is 14.2 Å². The highest BCUT2D eigenvalue weighted by molar-refractivity contribution is 6.33. The number of imidazole rings is 2. The van der Waals surface area contributed by atoms with Gasteiger partial charge in [0.15, 0.2) is 11.8 Å². The molecule has 0 radical (unpaired) electrons. The minimum absolute atomic E-state index is 0.0493. The third-order valence-corrected chi connectivity index (χ3v) is 7.25. The number of H-pyrrole nitrogens is 1. The van der Waals surface area contributed by atoms with E-state index in [-0.39, 0.29) is 18.3 Å². The monoisotopic (exact) mass is 513 g/mol. The summed E-state index contributed by atoms with van der Waals surface area (Å²) in [7, 11) is 0. The number of hydrogen-bond acceptors (Lipinski definition) is 6. The summed E-state index contributed by atoms with van der Waals surface area (Å²) in [4.78, 5) is 16.6. The van der Waals surface area contributed by atoms with Gasteiger partial charge in [0.05, 0.1) is 35.3 Å². The van der Waals surface area contributed by atoms with E-state index in [0.717, 1.165) is 35.2 Å². The van der Waals surface area contributed by atoms with Crippen LogP contribution in [0.15, 0.2) is 73.3 Å². The molecule has 2 saturated heterocycles. The summed E-state index contributed by atoms with van der Waals surface area (Å²) in [6.07, 6.45) is 6.35. The number of benzene rings is 2. The fraction of sp³-hybridized carbons (Fsp3) is 0.250. The first kappa shape index (κ1) is 22.5. The zero-order chi connectivity index (χ0) is 24.8. The molecule has 186 valence electrons. The number of halogens is 1. The molecule has 2 aromatic carbocycles. The van der Waals surface area contributed by atoms with Gasteiger partial charge in [0, 0.05) is 31.1 Å². The first-order valence-electron chi connectivity index (χ1n) is 12.3. The molecule has 3 atom stereocenters. The maximum absolute atomic E-state index is 6.63. The summed E-state index contributed by atoms with van der Waals surface area (Å²) >= 11 is 6.63. The largest absolute Gasteiger partial charge is 0.456 e. The molecule has 7 rings (SSSR count). The van der Waals surface area contributed by atoms with Crippen LogP contribution in [0.25, 0.3) is 33.5 Å². The molecule has 8 nitrogen and oxygen atoms in total. The van der Waals surface area contributed by atoms with Gasteiger partial charge in [-0.25, -0.2) is 9.97 Å². The van der Waals surface area contributed by atoms with Crippen LogP contribution < -0.4 is 4.74 Å². The van der Waals surface area contributed by atoms with Crippen molar-refractivity contribution in [2.75, 3.05) is 13.2 Å². The zero-order valence-corrected chi connectivity index (χ0v) is 20.6. The molecular weight excluding hydrogens is 490 g/mol. The lowest BCUT2D eigenvalue weighted by Crippen LogP contribution is -2.32. The van der Waals surface area contributed by atoms with Crippen molar-refractivity contribution in [1.29, 1.82) is 0 Å². The predicted octanol–water partition coefficient (Wildman–Crippen LogP) is 5.13. The molecule has 5 heterocycles. The van der Waals surface area contributed by atoms with Gasteiger partial charge in [0.1, 0.15) is 6.10 Å². The summed E-state index contributed by atoms with van der Waals surface area (Å²) in [6, 6.07) is 19.0. The Morgan fingerprint density at radius 1 is 1.00 bits per heavy atom. The van der Waals surface area contributed by atoms with E-state index in [2.05, 4.69) is 51.4 Å². The SMILES string of the molecule is Clc1cc2[nH]c(OC3CO[C@@H]4CCO[C@H]34)nc2nc1-c1ccc(-c2ccc(Cn3ccnc3)cc2)cc1. The first-order valence-corrected chi connectivity index (χ1v) is 12.7. The van der Waals surface area contributed by atoms with Gasteiger partial charge in [0.2, 0.25) is 0 Å². The molecule has 5 aromatic rings. The number of hydrogen-bond donors (Lipinski definition) is 1. The van der Waals surface area contributed by atoms with E-state index in [0.29, 0.717) is 35.6 Å². The number of aromatic amines is 1. The van der Waals surface area contributed by atoms with Gasteiger partial charge in [-0.3, -0.25) is 0 Å². The van der Waals surface area contributed by atoms with Crippen LogP contribution in [-0.4, -0.2) is 56.0 Å². The van der Waals surface area contributed by atoms with Crippen LogP contribution in [0.1, 0.15) is 12.0 Å². The molecule has 2 fully saturated rings. The maximum Gasteiger partial charge on any atom is 0.296 e. The van der Waals surface area contributed by atoms with Gasteiger partial charge in [0.25, 0.3) is 6.01 Å². The highest BCUT2D eigenvalue weighted by atomic mass is 35.5. The van der Waals surface area contributed by atoms with Gasteiger partial charge in [-0.15, -0.1) is 0 Å². The Bertz CT molecular complexity index is 1530. The van der Waals surface area contributed by atoms with Gasteiger partial charge in [-0.2, -0.15) is 4.98 Å². The fourth-order valence-corrected chi connectivity index (χ4v) is 5.30. The Morgan fingerprint density at radius 3 is 2.57 bits per heavy atom. The Morgan fingerprint density at radius 2 is 1.78 bits per heavy atom. The molecule has 2 aliphatic rings. The van der Waals surface area contributed by atoms with E-state index in [1.54, 1.807) is 6.20 Å². The van der Waals surface area contributed by atoms with Gasteiger partial charge in [-0.1, -0.05) is 60.1 Å².